The molecule has 9 heteroatoms. The fourth-order valence-electron chi connectivity index (χ4n) is 4.68. The van der Waals surface area contributed by atoms with Crippen LogP contribution in [0.2, 0.25) is 10.0 Å². The first-order valence-corrected chi connectivity index (χ1v) is 12.0. The summed E-state index contributed by atoms with van der Waals surface area (Å²) in [4.78, 5) is 33.6. The summed E-state index contributed by atoms with van der Waals surface area (Å²) in [6, 6.07) is 11.1. The molecule has 1 saturated carbocycles. The number of nitrogens with zero attached hydrogens (tertiary/aromatic N) is 3. The van der Waals surface area contributed by atoms with E-state index in [0.29, 0.717) is 39.4 Å². The zero-order valence-electron chi connectivity index (χ0n) is 19.2. The zero-order chi connectivity index (χ0) is 24.9. The average molecular weight is 513 g/mol. The Hall–Kier alpha value is -3.16. The number of halogens is 3. The van der Waals surface area contributed by atoms with Gasteiger partial charge < -0.3 is 10.2 Å². The molecule has 0 spiro atoms. The summed E-state index contributed by atoms with van der Waals surface area (Å²) in [5, 5.41) is 3.13. The third-order valence-corrected chi connectivity index (χ3v) is 7.38. The normalized spacial score (nSPS) is 18.3. The number of amides is 2. The molecule has 1 aliphatic heterocycles. The Bertz CT molecular complexity index is 1320. The number of nitrogens with one attached hydrogen (secondary N) is 1. The Kier molecular flexibility index (Phi) is 6.15. The quantitative estimate of drug-likeness (QED) is 0.504. The maximum Gasteiger partial charge on any atom is 0.263 e. The number of fused-ring (bicyclic) bond motifs is 1. The van der Waals surface area contributed by atoms with Gasteiger partial charge in [-0.2, -0.15) is 0 Å². The largest absolute Gasteiger partial charge is 0.368 e. The van der Waals surface area contributed by atoms with Crippen molar-refractivity contribution in [2.75, 3.05) is 37.0 Å². The van der Waals surface area contributed by atoms with Crippen molar-refractivity contribution in [2.45, 2.75) is 6.42 Å². The third kappa shape index (κ3) is 4.34. The molecule has 35 heavy (non-hydrogen) atoms. The zero-order valence-corrected chi connectivity index (χ0v) is 20.7. The second-order valence-corrected chi connectivity index (χ2v) is 9.78. The number of piperidine rings is 1. The van der Waals surface area contributed by atoms with Gasteiger partial charge >= 0.3 is 0 Å². The van der Waals surface area contributed by atoms with Gasteiger partial charge in [-0.1, -0.05) is 29.3 Å². The fraction of sp³-hybridized carbons (Fsp3) is 0.269. The smallest absolute Gasteiger partial charge is 0.263 e. The van der Waals surface area contributed by atoms with E-state index in [2.05, 4.69) is 15.2 Å². The molecule has 2 atom stereocenters. The van der Waals surface area contributed by atoms with Gasteiger partial charge in [-0.15, -0.1) is 0 Å². The number of benzene rings is 2. The van der Waals surface area contributed by atoms with Gasteiger partial charge in [0.1, 0.15) is 5.82 Å². The van der Waals surface area contributed by atoms with Crippen molar-refractivity contribution >= 4 is 46.5 Å². The predicted octanol–water partition coefficient (Wildman–Crippen LogP) is 5.29. The van der Waals surface area contributed by atoms with Crippen LogP contribution in [-0.4, -0.2) is 44.0 Å². The topological polar surface area (TPSA) is 65.5 Å². The van der Waals surface area contributed by atoms with Gasteiger partial charge in [-0.25, -0.2) is 9.37 Å². The van der Waals surface area contributed by atoms with E-state index < -0.39 is 11.7 Å². The summed E-state index contributed by atoms with van der Waals surface area (Å²) in [7, 11) is 3.13. The van der Waals surface area contributed by atoms with Gasteiger partial charge in [0.15, 0.2) is 5.82 Å². The van der Waals surface area contributed by atoms with Crippen LogP contribution in [0.4, 0.5) is 15.9 Å². The van der Waals surface area contributed by atoms with Crippen LogP contribution in [0.15, 0.2) is 48.7 Å². The lowest BCUT2D eigenvalue weighted by Crippen LogP contribution is -2.31. The lowest BCUT2D eigenvalue weighted by atomic mass is 10.0. The highest BCUT2D eigenvalue weighted by Gasteiger charge is 2.46. The van der Waals surface area contributed by atoms with Crippen molar-refractivity contribution in [1.29, 1.82) is 0 Å². The van der Waals surface area contributed by atoms with Gasteiger partial charge in [0.05, 0.1) is 16.3 Å². The summed E-state index contributed by atoms with van der Waals surface area (Å²) in [5.74, 6) is 0.172. The molecule has 1 aromatic heterocycles. The molecule has 1 N–H and O–H groups in total. The molecule has 3 aromatic rings. The average Bonchev–Trinajstić information content (AvgIpc) is 3.47. The first-order valence-electron chi connectivity index (χ1n) is 11.3. The molecule has 1 saturated heterocycles. The number of carbonyl (C=O) groups excluding carboxylic acids is 2. The van der Waals surface area contributed by atoms with Crippen molar-refractivity contribution < 1.29 is 14.0 Å². The van der Waals surface area contributed by atoms with Crippen LogP contribution in [0, 0.1) is 17.7 Å². The Morgan fingerprint density at radius 1 is 1.11 bits per heavy atom. The lowest BCUT2D eigenvalue weighted by Gasteiger charge is -2.27. The molecular formula is C26H23Cl2FN4O2. The standard InChI is InChI=1S/C26H23Cl2FN4O2/c1-30-25(34)14-6-7-19(27)18(9-14)15-10-22(33-12-16-8-17(16)13-33)24(31-11-15)32(2)26(35)23-20(28)4-3-5-21(23)29/h3-7,9-11,16-17H,8,12-13H2,1-2H3,(H,30,34). The van der Waals surface area contributed by atoms with Crippen molar-refractivity contribution in [2.24, 2.45) is 11.8 Å². The number of aromatic nitrogens is 1. The predicted molar refractivity (Wildman–Crippen MR) is 136 cm³/mol. The van der Waals surface area contributed by atoms with Crippen LogP contribution in [-0.2, 0) is 0 Å². The molecule has 2 aromatic carbocycles. The van der Waals surface area contributed by atoms with Crippen LogP contribution < -0.4 is 15.1 Å². The number of hydrogen-bond acceptors (Lipinski definition) is 4. The Balaban J connectivity index is 1.58. The van der Waals surface area contributed by atoms with E-state index in [1.807, 2.05) is 6.07 Å². The molecule has 6 nitrogen and oxygen atoms in total. The third-order valence-electron chi connectivity index (χ3n) is 6.73. The highest BCUT2D eigenvalue weighted by Crippen LogP contribution is 2.48. The van der Waals surface area contributed by atoms with Crippen LogP contribution >= 0.6 is 23.2 Å². The second-order valence-electron chi connectivity index (χ2n) is 8.96. The summed E-state index contributed by atoms with van der Waals surface area (Å²) in [6.07, 6.45) is 2.82. The molecule has 0 bridgehead atoms. The molecule has 2 fully saturated rings. The molecule has 0 radical (unpaired) electrons. The monoisotopic (exact) mass is 512 g/mol. The molecule has 2 unspecified atom stereocenters. The first-order chi connectivity index (χ1) is 16.8. The number of rotatable bonds is 5. The molecule has 2 aliphatic rings. The van der Waals surface area contributed by atoms with Gasteiger partial charge in [0.25, 0.3) is 11.8 Å². The van der Waals surface area contributed by atoms with E-state index in [4.69, 9.17) is 23.2 Å². The lowest BCUT2D eigenvalue weighted by molar-refractivity contribution is 0.0961. The SMILES string of the molecule is CNC(=O)c1ccc(Cl)c(-c2cnc(N(C)C(=O)c3c(F)cccc3Cl)c(N3CC4CC4C3)c2)c1. The first kappa shape index (κ1) is 23.6. The molecule has 180 valence electrons. The summed E-state index contributed by atoms with van der Waals surface area (Å²) < 4.78 is 14.5. The minimum atomic E-state index is -0.687. The van der Waals surface area contributed by atoms with Gasteiger partial charge in [-0.3, -0.25) is 14.5 Å². The molecule has 5 rings (SSSR count). The fourth-order valence-corrected chi connectivity index (χ4v) is 5.15. The van der Waals surface area contributed by atoms with Crippen LogP contribution in [0.25, 0.3) is 11.1 Å². The maximum absolute atomic E-state index is 14.5. The van der Waals surface area contributed by atoms with E-state index in [0.717, 1.165) is 18.8 Å². The van der Waals surface area contributed by atoms with Crippen molar-refractivity contribution in [1.82, 2.24) is 10.3 Å². The number of hydrogen-bond donors (Lipinski definition) is 1. The van der Waals surface area contributed by atoms with Gasteiger partial charge in [-0.05, 0) is 54.7 Å². The molecular weight excluding hydrogens is 490 g/mol. The minimum absolute atomic E-state index is 0.0419. The summed E-state index contributed by atoms with van der Waals surface area (Å²) in [6.45, 7) is 1.72. The summed E-state index contributed by atoms with van der Waals surface area (Å²) >= 11 is 12.7. The number of pyridine rings is 1. The van der Waals surface area contributed by atoms with Crippen LogP contribution in [0.3, 0.4) is 0 Å². The van der Waals surface area contributed by atoms with E-state index >= 15 is 0 Å². The Morgan fingerprint density at radius 3 is 2.54 bits per heavy atom. The second kappa shape index (κ2) is 9.13. The highest BCUT2D eigenvalue weighted by atomic mass is 35.5. The van der Waals surface area contributed by atoms with Crippen molar-refractivity contribution in [3.05, 3.63) is 75.7 Å². The molecule has 1 aliphatic carbocycles. The van der Waals surface area contributed by atoms with E-state index in [9.17, 15) is 14.0 Å². The van der Waals surface area contributed by atoms with E-state index in [1.54, 1.807) is 38.5 Å². The van der Waals surface area contributed by atoms with Gasteiger partial charge in [0, 0.05) is 55.1 Å². The van der Waals surface area contributed by atoms with E-state index in [1.165, 1.54) is 29.5 Å². The Morgan fingerprint density at radius 2 is 1.86 bits per heavy atom. The van der Waals surface area contributed by atoms with Crippen molar-refractivity contribution in [3.63, 3.8) is 0 Å². The number of anilines is 2. The minimum Gasteiger partial charge on any atom is -0.368 e. The summed E-state index contributed by atoms with van der Waals surface area (Å²) in [5.41, 5.74) is 2.40. The molecule has 2 heterocycles. The van der Waals surface area contributed by atoms with Crippen LogP contribution in [0.1, 0.15) is 27.1 Å². The van der Waals surface area contributed by atoms with Crippen molar-refractivity contribution in [3.8, 4) is 11.1 Å². The molecule has 2 amide bonds. The maximum atomic E-state index is 14.5. The van der Waals surface area contributed by atoms with E-state index in [-0.39, 0.29) is 16.5 Å². The number of carbonyl (C=O) groups is 2. The highest BCUT2D eigenvalue weighted by molar-refractivity contribution is 6.34. The van der Waals surface area contributed by atoms with Crippen LogP contribution in [0.5, 0.6) is 0 Å². The Labute approximate surface area is 212 Å². The van der Waals surface area contributed by atoms with Gasteiger partial charge in [0.2, 0.25) is 0 Å².